The summed E-state index contributed by atoms with van der Waals surface area (Å²) in [6, 6.07) is 0. The average molecular weight is 409 g/mol. The Kier molecular flexibility index (Phi) is 7.01. The maximum atomic E-state index is 13.3. The first kappa shape index (κ1) is 23.6. The van der Waals surface area contributed by atoms with Crippen molar-refractivity contribution in [3.8, 4) is 0 Å². The number of carbonyl (C=O) groups excluding carboxylic acids is 2. The number of carbonyl (C=O) groups is 2. The molecule has 1 saturated carbocycles. The van der Waals surface area contributed by atoms with E-state index < -0.39 is 46.3 Å². The van der Waals surface area contributed by atoms with Crippen molar-refractivity contribution in [1.82, 2.24) is 0 Å². The minimum atomic E-state index is -1.44. The van der Waals surface area contributed by atoms with Crippen LogP contribution in [0.3, 0.4) is 0 Å². The van der Waals surface area contributed by atoms with Gasteiger partial charge >= 0.3 is 0 Å². The molecule has 2 aliphatic rings. The van der Waals surface area contributed by atoms with Crippen LogP contribution in [0.2, 0.25) is 0 Å². The molecular formula is C23H36O6. The number of aliphatic hydroxyl groups is 4. The van der Waals surface area contributed by atoms with Crippen LogP contribution in [0, 0.1) is 28.6 Å². The zero-order valence-corrected chi connectivity index (χ0v) is 18.2. The Morgan fingerprint density at radius 1 is 1.28 bits per heavy atom. The standard InChI is InChI=1S/C23H36O6/c1-6-7-8-9-13(2)17-20(28)21(29)18-19(27)14(3)12-16(26)23(18,5)22(17,4)15(25)10-11-24/h10-11,13-14,16,18-19,24,26-28H,6-9,12H2,1-5H3/b11-10-/t13-,14-,16+,18+,19-,22-,23-/m1/s1. The van der Waals surface area contributed by atoms with Gasteiger partial charge in [0.25, 0.3) is 0 Å². The molecule has 0 amide bonds. The van der Waals surface area contributed by atoms with Crippen molar-refractivity contribution in [2.24, 2.45) is 28.6 Å². The maximum absolute atomic E-state index is 13.3. The van der Waals surface area contributed by atoms with Crippen LogP contribution in [0.1, 0.15) is 66.7 Å². The molecule has 6 nitrogen and oxygen atoms in total. The topological polar surface area (TPSA) is 115 Å². The smallest absolute Gasteiger partial charge is 0.203 e. The molecule has 0 radical (unpaired) electrons. The average Bonchev–Trinajstić information content (AvgIpc) is 2.65. The second-order valence-corrected chi connectivity index (χ2v) is 9.31. The molecule has 0 bridgehead atoms. The van der Waals surface area contributed by atoms with Gasteiger partial charge in [-0.15, -0.1) is 0 Å². The molecule has 2 aliphatic carbocycles. The zero-order valence-electron chi connectivity index (χ0n) is 18.2. The summed E-state index contributed by atoms with van der Waals surface area (Å²) in [6.45, 7) is 8.99. The van der Waals surface area contributed by atoms with Crippen molar-refractivity contribution in [2.75, 3.05) is 0 Å². The Labute approximate surface area is 173 Å². The number of rotatable bonds is 7. The third kappa shape index (κ3) is 3.44. The van der Waals surface area contributed by atoms with Gasteiger partial charge in [-0.3, -0.25) is 9.59 Å². The second-order valence-electron chi connectivity index (χ2n) is 9.31. The van der Waals surface area contributed by atoms with Crippen molar-refractivity contribution >= 4 is 11.6 Å². The van der Waals surface area contributed by atoms with Crippen molar-refractivity contribution in [3.63, 3.8) is 0 Å². The molecule has 1 fully saturated rings. The highest BCUT2D eigenvalue weighted by atomic mass is 16.3. The van der Waals surface area contributed by atoms with E-state index in [0.717, 1.165) is 25.3 Å². The first-order valence-corrected chi connectivity index (χ1v) is 10.7. The molecule has 164 valence electrons. The first-order chi connectivity index (χ1) is 13.5. The van der Waals surface area contributed by atoms with Gasteiger partial charge in [0.15, 0.2) is 11.5 Å². The maximum Gasteiger partial charge on any atom is 0.203 e. The number of hydrogen-bond donors (Lipinski definition) is 4. The predicted molar refractivity (Wildman–Crippen MR) is 110 cm³/mol. The van der Waals surface area contributed by atoms with Crippen molar-refractivity contribution in [3.05, 3.63) is 23.7 Å². The Morgan fingerprint density at radius 2 is 1.90 bits per heavy atom. The molecule has 0 aromatic heterocycles. The van der Waals surface area contributed by atoms with E-state index in [1.54, 1.807) is 20.8 Å². The van der Waals surface area contributed by atoms with Crippen molar-refractivity contribution in [1.29, 1.82) is 0 Å². The summed E-state index contributed by atoms with van der Waals surface area (Å²) in [5, 5.41) is 42.2. The number of Topliss-reactive ketones (excluding diaryl/α,β-unsaturated/α-hetero) is 1. The molecule has 4 N–H and O–H groups in total. The minimum absolute atomic E-state index is 0.241. The van der Waals surface area contributed by atoms with E-state index >= 15 is 0 Å². The fourth-order valence-corrected chi connectivity index (χ4v) is 5.71. The van der Waals surface area contributed by atoms with Gasteiger partial charge in [-0.05, 0) is 37.2 Å². The summed E-state index contributed by atoms with van der Waals surface area (Å²) >= 11 is 0. The first-order valence-electron chi connectivity index (χ1n) is 10.7. The van der Waals surface area contributed by atoms with Gasteiger partial charge in [-0.2, -0.15) is 0 Å². The minimum Gasteiger partial charge on any atom is -0.515 e. The highest BCUT2D eigenvalue weighted by Gasteiger charge is 2.68. The van der Waals surface area contributed by atoms with Crippen LogP contribution in [0.4, 0.5) is 0 Å². The molecule has 6 heteroatoms. The van der Waals surface area contributed by atoms with Gasteiger partial charge in [-0.25, -0.2) is 0 Å². The molecule has 0 aliphatic heterocycles. The summed E-state index contributed by atoms with van der Waals surface area (Å²) in [6.07, 6.45) is 3.36. The largest absolute Gasteiger partial charge is 0.515 e. The number of allylic oxidation sites excluding steroid dienone is 3. The van der Waals surface area contributed by atoms with Crippen LogP contribution in [0.15, 0.2) is 23.7 Å². The van der Waals surface area contributed by atoms with Crippen LogP contribution in [0.25, 0.3) is 0 Å². The highest BCUT2D eigenvalue weighted by molar-refractivity contribution is 6.05. The molecule has 0 saturated heterocycles. The van der Waals surface area contributed by atoms with Gasteiger partial charge in [0.2, 0.25) is 5.78 Å². The van der Waals surface area contributed by atoms with E-state index in [2.05, 4.69) is 6.92 Å². The summed E-state index contributed by atoms with van der Waals surface area (Å²) in [5.74, 6) is -3.30. The predicted octanol–water partition coefficient (Wildman–Crippen LogP) is 3.63. The van der Waals surface area contributed by atoms with E-state index in [-0.39, 0.29) is 18.3 Å². The van der Waals surface area contributed by atoms with E-state index in [4.69, 9.17) is 0 Å². The van der Waals surface area contributed by atoms with Crippen LogP contribution < -0.4 is 0 Å². The van der Waals surface area contributed by atoms with Gasteiger partial charge in [0, 0.05) is 11.5 Å². The van der Waals surface area contributed by atoms with Gasteiger partial charge in [-0.1, -0.05) is 47.0 Å². The quantitative estimate of drug-likeness (QED) is 0.290. The Hall–Kier alpha value is -1.66. The normalized spacial score (nSPS) is 38.9. The lowest BCUT2D eigenvalue weighted by Crippen LogP contribution is -2.67. The van der Waals surface area contributed by atoms with Crippen molar-refractivity contribution < 1.29 is 30.0 Å². The van der Waals surface area contributed by atoms with Gasteiger partial charge < -0.3 is 20.4 Å². The van der Waals surface area contributed by atoms with Crippen LogP contribution in [-0.4, -0.2) is 44.2 Å². The number of unbranched alkanes of at least 4 members (excludes halogenated alkanes) is 2. The van der Waals surface area contributed by atoms with Crippen molar-refractivity contribution in [2.45, 2.75) is 78.9 Å². The molecule has 0 aromatic rings. The Morgan fingerprint density at radius 3 is 2.45 bits per heavy atom. The van der Waals surface area contributed by atoms with Crippen LogP contribution in [0.5, 0.6) is 0 Å². The number of fused-ring (bicyclic) bond motifs is 1. The Balaban J connectivity index is 2.75. The van der Waals surface area contributed by atoms with Crippen LogP contribution in [-0.2, 0) is 9.59 Å². The van der Waals surface area contributed by atoms with E-state index in [0.29, 0.717) is 18.3 Å². The monoisotopic (exact) mass is 408 g/mol. The van der Waals surface area contributed by atoms with E-state index in [9.17, 15) is 30.0 Å². The number of hydrogen-bond acceptors (Lipinski definition) is 6. The number of ketones is 2. The van der Waals surface area contributed by atoms with Gasteiger partial charge in [0.05, 0.1) is 29.8 Å². The molecule has 0 unspecified atom stereocenters. The molecular weight excluding hydrogens is 372 g/mol. The SMILES string of the molecule is CCCCC[C@@H](C)C1=C(O)C(=O)[C@@H]2[C@H](O)[C@H](C)C[C@H](O)[C@@]2(C)[C@]1(C)C(=O)/C=C\O. The molecule has 2 rings (SSSR count). The molecule has 29 heavy (non-hydrogen) atoms. The zero-order chi connectivity index (χ0) is 22.1. The van der Waals surface area contributed by atoms with E-state index in [1.165, 1.54) is 0 Å². The summed E-state index contributed by atoms with van der Waals surface area (Å²) in [5.41, 5.74) is -2.45. The third-order valence-electron chi connectivity index (χ3n) is 7.70. The number of aliphatic hydroxyl groups excluding tert-OH is 4. The molecule has 7 atom stereocenters. The Bertz CT molecular complexity index is 710. The summed E-state index contributed by atoms with van der Waals surface area (Å²) in [4.78, 5) is 26.5. The fourth-order valence-electron chi connectivity index (χ4n) is 5.71. The highest BCUT2D eigenvalue weighted by Crippen LogP contribution is 2.63. The lowest BCUT2D eigenvalue weighted by Gasteiger charge is -2.60. The lowest BCUT2D eigenvalue weighted by atomic mass is 9.43. The lowest BCUT2D eigenvalue weighted by molar-refractivity contribution is -0.188. The van der Waals surface area contributed by atoms with Crippen LogP contribution >= 0.6 is 0 Å². The molecule has 0 aromatic carbocycles. The van der Waals surface area contributed by atoms with Gasteiger partial charge in [0.1, 0.15) is 0 Å². The van der Waals surface area contributed by atoms with E-state index in [1.807, 2.05) is 6.92 Å². The third-order valence-corrected chi connectivity index (χ3v) is 7.70. The summed E-state index contributed by atoms with van der Waals surface area (Å²) in [7, 11) is 0. The molecule has 0 heterocycles. The second kappa shape index (κ2) is 8.60. The fraction of sp³-hybridized carbons (Fsp3) is 0.739. The summed E-state index contributed by atoms with van der Waals surface area (Å²) < 4.78 is 0. The molecule has 0 spiro atoms.